The van der Waals surface area contributed by atoms with Gasteiger partial charge in [0.2, 0.25) is 5.89 Å². The highest BCUT2D eigenvalue weighted by Crippen LogP contribution is 2.34. The summed E-state index contributed by atoms with van der Waals surface area (Å²) in [5, 5.41) is 2.50. The van der Waals surface area contributed by atoms with Crippen molar-refractivity contribution in [2.75, 3.05) is 14.2 Å². The van der Waals surface area contributed by atoms with Crippen molar-refractivity contribution in [1.82, 2.24) is 10.3 Å². The van der Waals surface area contributed by atoms with E-state index >= 15 is 0 Å². The molecule has 0 spiro atoms. The van der Waals surface area contributed by atoms with Crippen molar-refractivity contribution in [3.05, 3.63) is 29.7 Å². The number of methoxy groups -OCH3 is 2. The second-order valence-corrected chi connectivity index (χ2v) is 6.94. The molecule has 1 N–H and O–H groups in total. The quantitative estimate of drug-likeness (QED) is 0.738. The number of carbonyl (C=O) groups excluding carboxylic acids is 2. The minimum atomic E-state index is -1.77. The molecule has 0 saturated heterocycles. The zero-order valence-electron chi connectivity index (χ0n) is 16.6. The van der Waals surface area contributed by atoms with E-state index in [1.165, 1.54) is 21.1 Å². The Hall–Kier alpha value is -3.10. The van der Waals surface area contributed by atoms with E-state index in [0.29, 0.717) is 17.1 Å². The lowest BCUT2D eigenvalue weighted by Gasteiger charge is -2.21. The van der Waals surface area contributed by atoms with Gasteiger partial charge in [-0.3, -0.25) is 4.79 Å². The molecule has 0 aliphatic heterocycles. The van der Waals surface area contributed by atoms with Crippen molar-refractivity contribution >= 4 is 12.1 Å². The molecule has 28 heavy (non-hydrogen) atoms. The van der Waals surface area contributed by atoms with Crippen LogP contribution in [0.2, 0.25) is 0 Å². The number of halogens is 1. The van der Waals surface area contributed by atoms with E-state index in [-0.39, 0.29) is 11.7 Å². The fourth-order valence-corrected chi connectivity index (χ4v) is 2.41. The summed E-state index contributed by atoms with van der Waals surface area (Å²) < 4.78 is 34.6. The molecule has 8 nitrogen and oxygen atoms in total. The standard InChI is InChI=1S/C19H23FN2O6/c1-10(21-18(24)28-19(2,3)4)15-14(16(20)23)22-17(27-15)11-7-8-12(25-5)13(9-11)26-6/h7-10H,1-6H3,(H,21,24). The second kappa shape index (κ2) is 8.28. The summed E-state index contributed by atoms with van der Waals surface area (Å²) in [6.45, 7) is 6.64. The fourth-order valence-electron chi connectivity index (χ4n) is 2.41. The first-order chi connectivity index (χ1) is 13.1. The molecular weight excluding hydrogens is 371 g/mol. The van der Waals surface area contributed by atoms with Crippen molar-refractivity contribution < 1.29 is 32.6 Å². The monoisotopic (exact) mass is 394 g/mol. The number of oxazole rings is 1. The van der Waals surface area contributed by atoms with Crippen molar-refractivity contribution in [1.29, 1.82) is 0 Å². The van der Waals surface area contributed by atoms with Crippen LogP contribution in [-0.2, 0) is 4.74 Å². The number of aromatic nitrogens is 1. The first kappa shape index (κ1) is 21.2. The molecule has 2 rings (SSSR count). The number of benzene rings is 1. The van der Waals surface area contributed by atoms with Crippen LogP contribution in [0, 0.1) is 0 Å². The third-order valence-electron chi connectivity index (χ3n) is 3.60. The molecule has 152 valence electrons. The van der Waals surface area contributed by atoms with Crippen LogP contribution in [0.25, 0.3) is 11.5 Å². The van der Waals surface area contributed by atoms with Crippen LogP contribution in [0.3, 0.4) is 0 Å². The van der Waals surface area contributed by atoms with Crippen LogP contribution in [0.1, 0.15) is 50.0 Å². The molecule has 1 aromatic heterocycles. The zero-order valence-corrected chi connectivity index (χ0v) is 16.6. The summed E-state index contributed by atoms with van der Waals surface area (Å²) >= 11 is 0. The van der Waals surface area contributed by atoms with Gasteiger partial charge in [-0.15, -0.1) is 0 Å². The first-order valence-electron chi connectivity index (χ1n) is 8.48. The third-order valence-corrected chi connectivity index (χ3v) is 3.60. The fraction of sp³-hybridized carbons (Fsp3) is 0.421. The van der Waals surface area contributed by atoms with Crippen molar-refractivity contribution in [2.24, 2.45) is 0 Å². The average molecular weight is 394 g/mol. The Bertz CT molecular complexity index is 872. The Morgan fingerprint density at radius 2 is 1.82 bits per heavy atom. The third kappa shape index (κ3) is 4.99. The molecule has 0 aliphatic carbocycles. The summed E-state index contributed by atoms with van der Waals surface area (Å²) in [6.07, 6.45) is -0.735. The highest BCUT2D eigenvalue weighted by atomic mass is 19.1. The van der Waals surface area contributed by atoms with Crippen molar-refractivity contribution in [2.45, 2.75) is 39.3 Å². The molecule has 2 aromatic rings. The van der Waals surface area contributed by atoms with Gasteiger partial charge in [0.05, 0.1) is 20.3 Å². The van der Waals surface area contributed by atoms with Crippen LogP contribution < -0.4 is 14.8 Å². The molecule has 1 unspecified atom stereocenters. The second-order valence-electron chi connectivity index (χ2n) is 6.94. The molecule has 1 atom stereocenters. The summed E-state index contributed by atoms with van der Waals surface area (Å²) in [5.74, 6) is 0.769. The Kier molecular flexibility index (Phi) is 6.27. The molecule has 1 aromatic carbocycles. The largest absolute Gasteiger partial charge is 0.493 e. The van der Waals surface area contributed by atoms with Gasteiger partial charge in [-0.05, 0) is 45.9 Å². The van der Waals surface area contributed by atoms with E-state index in [1.807, 2.05) is 0 Å². The number of rotatable bonds is 6. The van der Waals surface area contributed by atoms with Crippen LogP contribution in [0.4, 0.5) is 9.18 Å². The SMILES string of the molecule is COc1ccc(-c2nc(C(=O)F)c(C(C)NC(=O)OC(C)(C)C)o2)cc1OC. The summed E-state index contributed by atoms with van der Waals surface area (Å²) in [4.78, 5) is 27.3. The highest BCUT2D eigenvalue weighted by Gasteiger charge is 2.27. The lowest BCUT2D eigenvalue weighted by molar-refractivity contribution is 0.0500. The number of ether oxygens (including phenoxy) is 3. The van der Waals surface area contributed by atoms with E-state index < -0.39 is 29.5 Å². The van der Waals surface area contributed by atoms with Gasteiger partial charge in [-0.25, -0.2) is 9.78 Å². The van der Waals surface area contributed by atoms with E-state index in [2.05, 4.69) is 10.3 Å². The molecule has 1 heterocycles. The molecule has 0 aliphatic rings. The van der Waals surface area contributed by atoms with E-state index in [0.717, 1.165) is 0 Å². The lowest BCUT2D eigenvalue weighted by atomic mass is 10.2. The van der Waals surface area contributed by atoms with Gasteiger partial charge in [0.25, 0.3) is 0 Å². The van der Waals surface area contributed by atoms with Crippen LogP contribution in [-0.4, -0.2) is 36.9 Å². The van der Waals surface area contributed by atoms with Gasteiger partial charge in [0, 0.05) is 5.56 Å². The van der Waals surface area contributed by atoms with Gasteiger partial charge in [-0.1, -0.05) is 0 Å². The number of carbonyl (C=O) groups is 2. The van der Waals surface area contributed by atoms with Gasteiger partial charge in [-0.2, -0.15) is 4.39 Å². The highest BCUT2D eigenvalue weighted by molar-refractivity contribution is 5.88. The molecule has 0 saturated carbocycles. The van der Waals surface area contributed by atoms with Crippen LogP contribution >= 0.6 is 0 Å². The molecule has 9 heteroatoms. The molecule has 0 radical (unpaired) electrons. The smallest absolute Gasteiger partial charge is 0.408 e. The van der Waals surface area contributed by atoms with Gasteiger partial charge >= 0.3 is 12.1 Å². The minimum absolute atomic E-state index is 0.00482. The molecule has 0 fully saturated rings. The van der Waals surface area contributed by atoms with Crippen molar-refractivity contribution in [3.8, 4) is 23.0 Å². The number of alkyl carbamates (subject to hydrolysis) is 1. The summed E-state index contributed by atoms with van der Waals surface area (Å²) in [7, 11) is 2.95. The number of nitrogens with one attached hydrogen (secondary N) is 1. The van der Waals surface area contributed by atoms with E-state index in [4.69, 9.17) is 18.6 Å². The summed E-state index contributed by atoms with van der Waals surface area (Å²) in [5.41, 5.74) is -0.793. The number of amides is 1. The van der Waals surface area contributed by atoms with E-state index in [9.17, 15) is 14.0 Å². The van der Waals surface area contributed by atoms with Crippen LogP contribution in [0.5, 0.6) is 11.5 Å². The zero-order chi connectivity index (χ0) is 21.1. The number of hydrogen-bond donors (Lipinski definition) is 1. The Morgan fingerprint density at radius 3 is 2.36 bits per heavy atom. The van der Waals surface area contributed by atoms with Gasteiger partial charge in [0.1, 0.15) is 5.60 Å². The van der Waals surface area contributed by atoms with Crippen LogP contribution in [0.15, 0.2) is 22.6 Å². The topological polar surface area (TPSA) is 99.9 Å². The molecule has 1 amide bonds. The maximum atomic E-state index is 13.5. The van der Waals surface area contributed by atoms with E-state index in [1.54, 1.807) is 39.0 Å². The predicted octanol–water partition coefficient (Wildman–Crippen LogP) is 4.05. The first-order valence-corrected chi connectivity index (χ1v) is 8.48. The normalized spacial score (nSPS) is 12.2. The number of hydrogen-bond acceptors (Lipinski definition) is 7. The Morgan fingerprint density at radius 1 is 1.18 bits per heavy atom. The molecular formula is C19H23FN2O6. The average Bonchev–Trinajstić information content (AvgIpc) is 3.05. The van der Waals surface area contributed by atoms with Gasteiger partial charge < -0.3 is 23.9 Å². The number of nitrogens with zero attached hydrogens (tertiary/aromatic N) is 1. The van der Waals surface area contributed by atoms with Gasteiger partial charge in [0.15, 0.2) is 23.0 Å². The minimum Gasteiger partial charge on any atom is -0.493 e. The maximum Gasteiger partial charge on any atom is 0.408 e. The van der Waals surface area contributed by atoms with Crippen molar-refractivity contribution in [3.63, 3.8) is 0 Å². The maximum absolute atomic E-state index is 13.5. The Labute approximate surface area is 162 Å². The predicted molar refractivity (Wildman–Crippen MR) is 98.3 cm³/mol. The summed E-state index contributed by atoms with van der Waals surface area (Å²) in [6, 6.07) is 2.19. The molecule has 0 bridgehead atoms. The Balaban J connectivity index is 2.36. The lowest BCUT2D eigenvalue weighted by Crippen LogP contribution is -2.34.